The van der Waals surface area contributed by atoms with Gasteiger partial charge < -0.3 is 5.32 Å². The summed E-state index contributed by atoms with van der Waals surface area (Å²) in [4.78, 5) is 0. The van der Waals surface area contributed by atoms with E-state index in [0.29, 0.717) is 0 Å². The lowest BCUT2D eigenvalue weighted by molar-refractivity contribution is 0.661. The SMILES string of the molecule is CCn1cc(C)c(NCc2cnn(C)c2)n1.Cl. The molecule has 0 atom stereocenters. The second kappa shape index (κ2) is 5.72. The summed E-state index contributed by atoms with van der Waals surface area (Å²) in [5.74, 6) is 0.950. The Balaban J connectivity index is 0.00000144. The van der Waals surface area contributed by atoms with E-state index in [4.69, 9.17) is 0 Å². The molecule has 0 fully saturated rings. The molecule has 0 aliphatic heterocycles. The fourth-order valence-electron chi connectivity index (χ4n) is 1.61. The molecule has 2 aromatic heterocycles. The summed E-state index contributed by atoms with van der Waals surface area (Å²) in [5, 5.41) is 11.9. The first-order valence-electron chi connectivity index (χ1n) is 5.44. The second-order valence-electron chi connectivity index (χ2n) is 3.89. The third kappa shape index (κ3) is 3.23. The highest BCUT2D eigenvalue weighted by atomic mass is 35.5. The normalized spacial score (nSPS) is 10.1. The maximum absolute atomic E-state index is 4.43. The van der Waals surface area contributed by atoms with Gasteiger partial charge in [0.2, 0.25) is 0 Å². The van der Waals surface area contributed by atoms with Crippen LogP contribution < -0.4 is 5.32 Å². The monoisotopic (exact) mass is 255 g/mol. The number of nitrogens with zero attached hydrogens (tertiary/aromatic N) is 4. The van der Waals surface area contributed by atoms with Crippen molar-refractivity contribution in [2.24, 2.45) is 7.05 Å². The smallest absolute Gasteiger partial charge is 0.151 e. The first-order valence-corrected chi connectivity index (χ1v) is 5.44. The molecule has 2 heterocycles. The van der Waals surface area contributed by atoms with Crippen molar-refractivity contribution < 1.29 is 0 Å². The lowest BCUT2D eigenvalue weighted by Crippen LogP contribution is -2.01. The summed E-state index contributed by atoms with van der Waals surface area (Å²) in [6, 6.07) is 0. The van der Waals surface area contributed by atoms with Gasteiger partial charge in [0.1, 0.15) is 0 Å². The predicted octanol–water partition coefficient (Wildman–Crippen LogP) is 1.98. The molecular weight excluding hydrogens is 238 g/mol. The molecule has 0 aromatic carbocycles. The van der Waals surface area contributed by atoms with Crippen molar-refractivity contribution in [3.05, 3.63) is 29.7 Å². The molecule has 0 unspecified atom stereocenters. The Labute approximate surface area is 107 Å². The van der Waals surface area contributed by atoms with Crippen LogP contribution in [0.4, 0.5) is 5.82 Å². The van der Waals surface area contributed by atoms with E-state index in [1.54, 1.807) is 4.68 Å². The quantitative estimate of drug-likeness (QED) is 0.909. The first-order chi connectivity index (χ1) is 7.69. The number of anilines is 1. The number of rotatable bonds is 4. The van der Waals surface area contributed by atoms with Crippen LogP contribution in [0.15, 0.2) is 18.6 Å². The van der Waals surface area contributed by atoms with Gasteiger partial charge in [0.25, 0.3) is 0 Å². The number of nitrogens with one attached hydrogen (secondary N) is 1. The highest BCUT2D eigenvalue weighted by Gasteiger charge is 2.04. The van der Waals surface area contributed by atoms with Crippen LogP contribution in [0, 0.1) is 6.92 Å². The predicted molar refractivity (Wildman–Crippen MR) is 70.4 cm³/mol. The van der Waals surface area contributed by atoms with Gasteiger partial charge in [-0.3, -0.25) is 9.36 Å². The highest BCUT2D eigenvalue weighted by Crippen LogP contribution is 2.12. The molecule has 2 aromatic rings. The van der Waals surface area contributed by atoms with Crippen LogP contribution in [0.1, 0.15) is 18.1 Å². The Hall–Kier alpha value is -1.49. The molecule has 2 rings (SSSR count). The molecule has 0 saturated heterocycles. The van der Waals surface area contributed by atoms with Crippen LogP contribution in [0.25, 0.3) is 0 Å². The number of halogens is 1. The van der Waals surface area contributed by atoms with Gasteiger partial charge in [0.15, 0.2) is 5.82 Å². The van der Waals surface area contributed by atoms with E-state index in [2.05, 4.69) is 29.4 Å². The molecule has 0 aliphatic carbocycles. The average Bonchev–Trinajstić information content (AvgIpc) is 2.82. The van der Waals surface area contributed by atoms with E-state index in [1.165, 1.54) is 5.56 Å². The number of hydrogen-bond donors (Lipinski definition) is 1. The Kier molecular flexibility index (Phi) is 4.57. The average molecular weight is 256 g/mol. The van der Waals surface area contributed by atoms with Crippen molar-refractivity contribution in [3.63, 3.8) is 0 Å². The second-order valence-corrected chi connectivity index (χ2v) is 3.89. The minimum absolute atomic E-state index is 0. The third-order valence-electron chi connectivity index (χ3n) is 2.49. The Morgan fingerprint density at radius 1 is 1.35 bits per heavy atom. The molecule has 17 heavy (non-hydrogen) atoms. The van der Waals surface area contributed by atoms with Gasteiger partial charge in [-0.1, -0.05) is 0 Å². The molecule has 0 spiro atoms. The van der Waals surface area contributed by atoms with Crippen LogP contribution in [-0.4, -0.2) is 19.6 Å². The summed E-state index contributed by atoms with van der Waals surface area (Å²) >= 11 is 0. The molecule has 5 nitrogen and oxygen atoms in total. The van der Waals surface area contributed by atoms with Crippen LogP contribution in [0.2, 0.25) is 0 Å². The van der Waals surface area contributed by atoms with Crippen LogP contribution in [-0.2, 0) is 20.1 Å². The first kappa shape index (κ1) is 13.6. The standard InChI is InChI=1S/C11H17N5.ClH/c1-4-16-7-9(2)11(14-16)12-5-10-6-13-15(3)8-10;/h6-8H,4-5H2,1-3H3,(H,12,14);1H. The molecular formula is C11H18ClN5. The number of aryl methyl sites for hydroxylation is 3. The van der Waals surface area contributed by atoms with Gasteiger partial charge in [-0.05, 0) is 13.8 Å². The lowest BCUT2D eigenvalue weighted by atomic mass is 10.3. The van der Waals surface area contributed by atoms with Crippen molar-refractivity contribution in [1.29, 1.82) is 0 Å². The maximum atomic E-state index is 4.43. The fraction of sp³-hybridized carbons (Fsp3) is 0.455. The van der Waals surface area contributed by atoms with Crippen LogP contribution >= 0.6 is 12.4 Å². The summed E-state index contributed by atoms with van der Waals surface area (Å²) in [6.45, 7) is 5.80. The van der Waals surface area contributed by atoms with Crippen molar-refractivity contribution in [2.75, 3.05) is 5.32 Å². The molecule has 0 aliphatic rings. The van der Waals surface area contributed by atoms with Gasteiger partial charge in [0.05, 0.1) is 6.20 Å². The van der Waals surface area contributed by atoms with Crippen molar-refractivity contribution in [2.45, 2.75) is 26.9 Å². The van der Waals surface area contributed by atoms with Gasteiger partial charge in [-0.2, -0.15) is 10.2 Å². The topological polar surface area (TPSA) is 47.7 Å². The minimum Gasteiger partial charge on any atom is -0.364 e. The van der Waals surface area contributed by atoms with E-state index in [9.17, 15) is 0 Å². The molecule has 0 saturated carbocycles. The molecule has 6 heteroatoms. The maximum Gasteiger partial charge on any atom is 0.151 e. The molecule has 94 valence electrons. The molecule has 0 amide bonds. The van der Waals surface area contributed by atoms with Crippen LogP contribution in [0.3, 0.4) is 0 Å². The minimum atomic E-state index is 0. The summed E-state index contributed by atoms with van der Waals surface area (Å²) in [5.41, 5.74) is 2.33. The van der Waals surface area contributed by atoms with Gasteiger partial charge in [-0.15, -0.1) is 12.4 Å². The van der Waals surface area contributed by atoms with E-state index in [1.807, 2.05) is 30.3 Å². The van der Waals surface area contributed by atoms with Gasteiger partial charge in [-0.25, -0.2) is 0 Å². The highest BCUT2D eigenvalue weighted by molar-refractivity contribution is 5.85. The third-order valence-corrected chi connectivity index (χ3v) is 2.49. The Bertz CT molecular complexity index is 474. The number of aromatic nitrogens is 4. The number of hydrogen-bond acceptors (Lipinski definition) is 3. The van der Waals surface area contributed by atoms with E-state index < -0.39 is 0 Å². The molecule has 0 radical (unpaired) electrons. The summed E-state index contributed by atoms with van der Waals surface area (Å²) < 4.78 is 3.73. The zero-order valence-electron chi connectivity index (χ0n) is 10.3. The Morgan fingerprint density at radius 2 is 2.12 bits per heavy atom. The fourth-order valence-corrected chi connectivity index (χ4v) is 1.61. The van der Waals surface area contributed by atoms with Gasteiger partial charge in [0, 0.05) is 43.7 Å². The molecule has 1 N–H and O–H groups in total. The van der Waals surface area contributed by atoms with Crippen molar-refractivity contribution in [3.8, 4) is 0 Å². The van der Waals surface area contributed by atoms with E-state index >= 15 is 0 Å². The van der Waals surface area contributed by atoms with E-state index in [0.717, 1.165) is 24.5 Å². The zero-order valence-corrected chi connectivity index (χ0v) is 11.2. The van der Waals surface area contributed by atoms with Crippen molar-refractivity contribution in [1.82, 2.24) is 19.6 Å². The Morgan fingerprint density at radius 3 is 2.65 bits per heavy atom. The largest absolute Gasteiger partial charge is 0.364 e. The van der Waals surface area contributed by atoms with Crippen molar-refractivity contribution >= 4 is 18.2 Å². The summed E-state index contributed by atoms with van der Waals surface area (Å²) in [6.07, 6.45) is 5.91. The van der Waals surface area contributed by atoms with Gasteiger partial charge >= 0.3 is 0 Å². The lowest BCUT2D eigenvalue weighted by Gasteiger charge is -2.01. The zero-order chi connectivity index (χ0) is 11.5. The van der Waals surface area contributed by atoms with Crippen LogP contribution in [0.5, 0.6) is 0 Å². The summed E-state index contributed by atoms with van der Waals surface area (Å²) in [7, 11) is 1.92. The van der Waals surface area contributed by atoms with E-state index in [-0.39, 0.29) is 12.4 Å². The molecule has 0 bridgehead atoms.